The van der Waals surface area contributed by atoms with Gasteiger partial charge in [0.15, 0.2) is 0 Å². The molecule has 0 bridgehead atoms. The summed E-state index contributed by atoms with van der Waals surface area (Å²) in [6.07, 6.45) is 0.872. The second-order valence-corrected chi connectivity index (χ2v) is 4.53. The van der Waals surface area contributed by atoms with Gasteiger partial charge in [0.25, 0.3) is 0 Å². The summed E-state index contributed by atoms with van der Waals surface area (Å²) in [5.74, 6) is 0. The molecule has 4 nitrogen and oxygen atoms in total. The second-order valence-electron chi connectivity index (χ2n) is 4.53. The van der Waals surface area contributed by atoms with E-state index in [0.717, 1.165) is 23.5 Å². The van der Waals surface area contributed by atoms with Crippen LogP contribution in [0.4, 0.5) is 0 Å². The van der Waals surface area contributed by atoms with E-state index in [9.17, 15) is 5.11 Å². The van der Waals surface area contributed by atoms with Gasteiger partial charge in [-0.1, -0.05) is 13.0 Å². The predicted molar refractivity (Wildman–Crippen MR) is 70.2 cm³/mol. The van der Waals surface area contributed by atoms with Gasteiger partial charge in [-0.2, -0.15) is 5.10 Å². The van der Waals surface area contributed by atoms with Gasteiger partial charge in [0.1, 0.15) is 6.10 Å². The first-order valence-corrected chi connectivity index (χ1v) is 6.23. The van der Waals surface area contributed by atoms with E-state index < -0.39 is 6.10 Å². The lowest BCUT2D eigenvalue weighted by molar-refractivity contribution is 0.171. The molecule has 2 rings (SSSR count). The third kappa shape index (κ3) is 2.76. The Morgan fingerprint density at radius 1 is 1.39 bits per heavy atom. The fourth-order valence-corrected chi connectivity index (χ4v) is 1.99. The van der Waals surface area contributed by atoms with Crippen molar-refractivity contribution in [2.45, 2.75) is 32.8 Å². The maximum atomic E-state index is 10.2. The largest absolute Gasteiger partial charge is 0.386 e. The van der Waals surface area contributed by atoms with Crippen LogP contribution in [0.2, 0.25) is 0 Å². The Morgan fingerprint density at radius 2 is 2.17 bits per heavy atom. The van der Waals surface area contributed by atoms with Crippen LogP contribution in [0.1, 0.15) is 35.8 Å². The van der Waals surface area contributed by atoms with E-state index in [1.54, 1.807) is 0 Å². The minimum Gasteiger partial charge on any atom is -0.386 e. The standard InChI is InChI=1S/C14H19N3O/c1-4-11-8-12(17(3)16-11)9-14(18)13-7-5-6-10(2)15-13/h5-8,14,18H,4,9H2,1-3H3. The van der Waals surface area contributed by atoms with Crippen LogP contribution in [0, 0.1) is 6.92 Å². The molecule has 0 saturated carbocycles. The maximum absolute atomic E-state index is 10.2. The Morgan fingerprint density at radius 3 is 2.78 bits per heavy atom. The Bertz CT molecular complexity index is 534. The fraction of sp³-hybridized carbons (Fsp3) is 0.429. The maximum Gasteiger partial charge on any atom is 0.101 e. The molecule has 0 fully saturated rings. The quantitative estimate of drug-likeness (QED) is 0.896. The van der Waals surface area contributed by atoms with Crippen molar-refractivity contribution in [2.24, 2.45) is 7.05 Å². The number of hydrogen-bond acceptors (Lipinski definition) is 3. The molecule has 0 spiro atoms. The monoisotopic (exact) mass is 245 g/mol. The van der Waals surface area contributed by atoms with Gasteiger partial charge in [0.05, 0.1) is 11.4 Å². The highest BCUT2D eigenvalue weighted by Gasteiger charge is 2.13. The fourth-order valence-electron chi connectivity index (χ4n) is 1.99. The first-order chi connectivity index (χ1) is 8.60. The molecule has 0 saturated heterocycles. The molecule has 4 heteroatoms. The average Bonchev–Trinajstić information content (AvgIpc) is 2.70. The van der Waals surface area contributed by atoms with Gasteiger partial charge in [0.2, 0.25) is 0 Å². The summed E-state index contributed by atoms with van der Waals surface area (Å²) in [4.78, 5) is 4.35. The van der Waals surface area contributed by atoms with E-state index >= 15 is 0 Å². The number of rotatable bonds is 4. The highest BCUT2D eigenvalue weighted by molar-refractivity contribution is 5.16. The molecular weight excluding hydrogens is 226 g/mol. The molecule has 0 aliphatic carbocycles. The first-order valence-electron chi connectivity index (χ1n) is 6.23. The van der Waals surface area contributed by atoms with Crippen molar-refractivity contribution >= 4 is 0 Å². The normalized spacial score (nSPS) is 12.7. The van der Waals surface area contributed by atoms with E-state index in [1.165, 1.54) is 0 Å². The van der Waals surface area contributed by atoms with Gasteiger partial charge < -0.3 is 5.11 Å². The highest BCUT2D eigenvalue weighted by atomic mass is 16.3. The SMILES string of the molecule is CCc1cc(CC(O)c2cccc(C)n2)n(C)n1. The smallest absolute Gasteiger partial charge is 0.101 e. The molecule has 1 atom stereocenters. The van der Waals surface area contributed by atoms with Gasteiger partial charge in [-0.3, -0.25) is 9.67 Å². The van der Waals surface area contributed by atoms with Crippen LogP contribution >= 0.6 is 0 Å². The first kappa shape index (κ1) is 12.8. The van der Waals surface area contributed by atoms with Gasteiger partial charge in [-0.05, 0) is 31.5 Å². The summed E-state index contributed by atoms with van der Waals surface area (Å²) in [6, 6.07) is 7.74. The van der Waals surface area contributed by atoms with Gasteiger partial charge in [0, 0.05) is 24.9 Å². The van der Waals surface area contributed by atoms with Crippen molar-refractivity contribution < 1.29 is 5.11 Å². The zero-order valence-electron chi connectivity index (χ0n) is 11.1. The van der Waals surface area contributed by atoms with Crippen LogP contribution < -0.4 is 0 Å². The topological polar surface area (TPSA) is 50.9 Å². The van der Waals surface area contributed by atoms with E-state index in [2.05, 4.69) is 17.0 Å². The number of aromatic nitrogens is 3. The van der Waals surface area contributed by atoms with Crippen LogP contribution in [0.15, 0.2) is 24.3 Å². The Labute approximate surface area is 107 Å². The Kier molecular flexibility index (Phi) is 3.77. The highest BCUT2D eigenvalue weighted by Crippen LogP contribution is 2.17. The number of aliphatic hydroxyl groups excluding tert-OH is 1. The van der Waals surface area contributed by atoms with E-state index in [0.29, 0.717) is 12.1 Å². The van der Waals surface area contributed by atoms with E-state index in [-0.39, 0.29) is 0 Å². The number of aliphatic hydroxyl groups is 1. The second kappa shape index (κ2) is 5.31. The Balaban J connectivity index is 2.15. The molecule has 2 heterocycles. The lowest BCUT2D eigenvalue weighted by Crippen LogP contribution is -2.08. The number of hydrogen-bond donors (Lipinski definition) is 1. The molecule has 1 unspecified atom stereocenters. The number of pyridine rings is 1. The number of nitrogens with zero attached hydrogens (tertiary/aromatic N) is 3. The van der Waals surface area contributed by atoms with Gasteiger partial charge >= 0.3 is 0 Å². The Hall–Kier alpha value is -1.68. The van der Waals surface area contributed by atoms with Crippen LogP contribution in [0.25, 0.3) is 0 Å². The van der Waals surface area contributed by atoms with Crippen molar-refractivity contribution in [3.8, 4) is 0 Å². The summed E-state index contributed by atoms with van der Waals surface area (Å²) in [7, 11) is 1.91. The predicted octanol–water partition coefficient (Wildman–Crippen LogP) is 1.96. The van der Waals surface area contributed by atoms with Gasteiger partial charge in [-0.15, -0.1) is 0 Å². The molecule has 0 aliphatic rings. The molecule has 2 aromatic heterocycles. The lowest BCUT2D eigenvalue weighted by Gasteiger charge is -2.10. The molecule has 0 radical (unpaired) electrons. The minimum atomic E-state index is -0.579. The molecular formula is C14H19N3O. The van der Waals surface area contributed by atoms with Crippen LogP contribution in [0.5, 0.6) is 0 Å². The van der Waals surface area contributed by atoms with Crippen LogP contribution in [-0.4, -0.2) is 19.9 Å². The summed E-state index contributed by atoms with van der Waals surface area (Å²) in [6.45, 7) is 4.00. The van der Waals surface area contributed by atoms with Crippen LogP contribution in [0.3, 0.4) is 0 Å². The zero-order valence-corrected chi connectivity index (χ0v) is 11.1. The molecule has 1 N–H and O–H groups in total. The van der Waals surface area contributed by atoms with E-state index in [1.807, 2.05) is 42.9 Å². The molecule has 0 aromatic carbocycles. The molecule has 18 heavy (non-hydrogen) atoms. The summed E-state index contributed by atoms with van der Waals surface area (Å²) in [5, 5.41) is 14.6. The van der Waals surface area contributed by atoms with Crippen LogP contribution in [-0.2, 0) is 19.9 Å². The zero-order chi connectivity index (χ0) is 13.1. The lowest BCUT2D eigenvalue weighted by atomic mass is 10.1. The minimum absolute atomic E-state index is 0.542. The average molecular weight is 245 g/mol. The number of aryl methyl sites for hydroxylation is 3. The molecule has 96 valence electrons. The summed E-state index contributed by atoms with van der Waals surface area (Å²) in [5.41, 5.74) is 3.72. The van der Waals surface area contributed by atoms with Crippen molar-refractivity contribution in [1.82, 2.24) is 14.8 Å². The molecule has 0 aliphatic heterocycles. The summed E-state index contributed by atoms with van der Waals surface area (Å²) < 4.78 is 1.83. The van der Waals surface area contributed by atoms with Crippen molar-refractivity contribution in [2.75, 3.05) is 0 Å². The van der Waals surface area contributed by atoms with Crippen molar-refractivity contribution in [1.29, 1.82) is 0 Å². The molecule has 2 aromatic rings. The third-order valence-corrected chi connectivity index (χ3v) is 3.04. The summed E-state index contributed by atoms with van der Waals surface area (Å²) >= 11 is 0. The third-order valence-electron chi connectivity index (χ3n) is 3.04. The molecule has 0 amide bonds. The van der Waals surface area contributed by atoms with Crippen molar-refractivity contribution in [3.05, 3.63) is 47.0 Å². The van der Waals surface area contributed by atoms with E-state index in [4.69, 9.17) is 0 Å². The van der Waals surface area contributed by atoms with Gasteiger partial charge in [-0.25, -0.2) is 0 Å². The van der Waals surface area contributed by atoms with Crippen molar-refractivity contribution in [3.63, 3.8) is 0 Å².